The molecule has 2 aromatic rings. The third kappa shape index (κ3) is 2.81. The Labute approximate surface area is 155 Å². The summed E-state index contributed by atoms with van der Waals surface area (Å²) in [6.07, 6.45) is -0.310. The average Bonchev–Trinajstić information content (AvgIpc) is 3.13. The summed E-state index contributed by atoms with van der Waals surface area (Å²) in [6.45, 7) is 1.04. The maximum absolute atomic E-state index is 14.4. The van der Waals surface area contributed by atoms with Gasteiger partial charge in [0, 0.05) is 0 Å². The van der Waals surface area contributed by atoms with Gasteiger partial charge in [-0.2, -0.15) is 0 Å². The van der Waals surface area contributed by atoms with Crippen LogP contribution in [0.25, 0.3) is 5.52 Å². The van der Waals surface area contributed by atoms with E-state index in [4.69, 9.17) is 0 Å². The van der Waals surface area contributed by atoms with Crippen LogP contribution in [0.3, 0.4) is 0 Å². The van der Waals surface area contributed by atoms with Gasteiger partial charge in [-0.1, -0.05) is 0 Å². The molecule has 1 aliphatic carbocycles. The topological polar surface area (TPSA) is 41.4 Å². The first-order valence-corrected chi connectivity index (χ1v) is 10.2. The van der Waals surface area contributed by atoms with Gasteiger partial charge in [0.1, 0.15) is 0 Å². The number of hydrogen-bond acceptors (Lipinski definition) is 3. The molecule has 1 aliphatic heterocycles. The van der Waals surface area contributed by atoms with E-state index in [-0.39, 0.29) is 10.4 Å². The Bertz CT molecular complexity index is 795. The first-order valence-electron chi connectivity index (χ1n) is 7.36. The fourth-order valence-electron chi connectivity index (χ4n) is 3.35. The van der Waals surface area contributed by atoms with Crippen LogP contribution in [0.2, 0.25) is 0 Å². The molecule has 130 valence electrons. The zero-order chi connectivity index (χ0) is 17.1. The van der Waals surface area contributed by atoms with Crippen LogP contribution in [0.1, 0.15) is 6.42 Å². The molecule has 1 saturated heterocycles. The van der Waals surface area contributed by atoms with Crippen molar-refractivity contribution in [1.82, 2.24) is 14.9 Å². The minimum absolute atomic E-state index is 0.199. The van der Waals surface area contributed by atoms with Gasteiger partial charge in [0.15, 0.2) is 0 Å². The quantitative estimate of drug-likeness (QED) is 0.370. The van der Waals surface area contributed by atoms with Gasteiger partial charge in [-0.05, 0) is 0 Å². The average molecular weight is 519 g/mol. The zero-order valence-electron chi connectivity index (χ0n) is 12.2. The minimum atomic E-state index is -4.24. The molecule has 2 aliphatic rings. The zero-order valence-corrected chi connectivity index (χ0v) is 16.1. The van der Waals surface area contributed by atoms with Crippen LogP contribution in [-0.4, -0.2) is 54.4 Å². The standard InChI is InChI=1S/C14H13F4IN4Se/c15-9-6-20-5-7-4-13(7,9)21-10-3-1-2-8-11(24-14(16,17)18)12(19)22-23(8)10/h1-3,7,9,20-21H,4-6H2/t7-,9+,13+/m1/s1. The summed E-state index contributed by atoms with van der Waals surface area (Å²) in [4.78, 5) is 0. The van der Waals surface area contributed by atoms with Gasteiger partial charge in [-0.3, -0.25) is 0 Å². The van der Waals surface area contributed by atoms with E-state index in [0.29, 0.717) is 21.6 Å². The molecule has 2 N–H and O–H groups in total. The fourth-order valence-corrected chi connectivity index (χ4v) is 5.70. The molecule has 0 amide bonds. The van der Waals surface area contributed by atoms with Crippen LogP contribution in [0.15, 0.2) is 18.2 Å². The van der Waals surface area contributed by atoms with E-state index < -0.39 is 31.7 Å². The third-order valence-electron chi connectivity index (χ3n) is 4.58. The molecule has 4 rings (SSSR count). The van der Waals surface area contributed by atoms with Crippen molar-refractivity contribution < 1.29 is 17.6 Å². The van der Waals surface area contributed by atoms with Crippen LogP contribution >= 0.6 is 22.6 Å². The summed E-state index contributed by atoms with van der Waals surface area (Å²) < 4.78 is 54.9. The van der Waals surface area contributed by atoms with E-state index in [1.807, 2.05) is 22.6 Å². The summed E-state index contributed by atoms with van der Waals surface area (Å²) >= 11 is 0.166. The number of pyridine rings is 1. The summed E-state index contributed by atoms with van der Waals surface area (Å²) in [5.41, 5.74) is -0.189. The molecule has 24 heavy (non-hydrogen) atoms. The van der Waals surface area contributed by atoms with Crippen LogP contribution < -0.4 is 15.1 Å². The van der Waals surface area contributed by atoms with Crippen LogP contribution in [0, 0.1) is 9.62 Å². The van der Waals surface area contributed by atoms with Gasteiger partial charge in [-0.15, -0.1) is 0 Å². The molecule has 10 heteroatoms. The monoisotopic (exact) mass is 520 g/mol. The normalized spacial score (nSPS) is 29.5. The van der Waals surface area contributed by atoms with Crippen molar-refractivity contribution >= 4 is 53.3 Å². The fraction of sp³-hybridized carbons (Fsp3) is 0.500. The molecular formula is C14H13F4IN4Se. The van der Waals surface area contributed by atoms with Crippen molar-refractivity contribution in [3.05, 3.63) is 21.9 Å². The molecule has 2 fully saturated rings. The van der Waals surface area contributed by atoms with Gasteiger partial charge in [-0.25, -0.2) is 0 Å². The molecule has 4 nitrogen and oxygen atoms in total. The Morgan fingerprint density at radius 2 is 2.17 bits per heavy atom. The Balaban J connectivity index is 1.71. The summed E-state index contributed by atoms with van der Waals surface area (Å²) in [6, 6.07) is 5.05. The molecule has 2 aromatic heterocycles. The number of nitrogens with zero attached hydrogens (tertiary/aromatic N) is 2. The van der Waals surface area contributed by atoms with E-state index in [0.717, 1.165) is 13.0 Å². The van der Waals surface area contributed by atoms with Gasteiger partial charge in [0.25, 0.3) is 0 Å². The van der Waals surface area contributed by atoms with Crippen LogP contribution in [-0.2, 0) is 0 Å². The van der Waals surface area contributed by atoms with E-state index in [2.05, 4.69) is 15.7 Å². The predicted octanol–water partition coefficient (Wildman–Crippen LogP) is 1.90. The number of hydrogen-bond donors (Lipinski definition) is 2. The summed E-state index contributed by atoms with van der Waals surface area (Å²) in [5.74, 6) is 0.742. The number of aromatic nitrogens is 2. The number of piperidine rings is 1. The molecule has 0 aromatic carbocycles. The van der Waals surface area contributed by atoms with Gasteiger partial charge in [0.2, 0.25) is 0 Å². The van der Waals surface area contributed by atoms with E-state index in [1.165, 1.54) is 4.52 Å². The SMILES string of the molecule is F[C@H]1CNC[C@H]2C[C@]21Nc1cccc2c([Se]C(F)(F)F)c(I)nn12. The second kappa shape index (κ2) is 5.72. The number of alkyl halides is 4. The van der Waals surface area contributed by atoms with E-state index in [1.54, 1.807) is 18.2 Å². The molecule has 3 heterocycles. The number of anilines is 1. The maximum atomic E-state index is 14.4. The van der Waals surface area contributed by atoms with Gasteiger partial charge < -0.3 is 0 Å². The van der Waals surface area contributed by atoms with Crippen molar-refractivity contribution in [2.75, 3.05) is 18.4 Å². The number of fused-ring (bicyclic) bond motifs is 2. The van der Waals surface area contributed by atoms with Crippen molar-refractivity contribution in [2.45, 2.75) is 23.2 Å². The Hall–Kier alpha value is -0.581. The number of halogens is 5. The summed E-state index contributed by atoms with van der Waals surface area (Å²) in [5, 5.41) is 6.31. The van der Waals surface area contributed by atoms with Crippen LogP contribution in [0.4, 0.5) is 23.4 Å². The van der Waals surface area contributed by atoms with Gasteiger partial charge >= 0.3 is 155 Å². The number of rotatable bonds is 3. The molecular weight excluding hydrogens is 506 g/mol. The van der Waals surface area contributed by atoms with Crippen molar-refractivity contribution in [3.63, 3.8) is 0 Å². The molecule has 0 unspecified atom stereocenters. The number of nitrogens with one attached hydrogen (secondary N) is 2. The van der Waals surface area contributed by atoms with E-state index in [9.17, 15) is 17.6 Å². The molecule has 1 saturated carbocycles. The Morgan fingerprint density at radius 1 is 1.38 bits per heavy atom. The van der Waals surface area contributed by atoms with Gasteiger partial charge in [0.05, 0.1) is 0 Å². The second-order valence-corrected chi connectivity index (χ2v) is 9.35. The van der Waals surface area contributed by atoms with Crippen molar-refractivity contribution in [1.29, 1.82) is 0 Å². The Morgan fingerprint density at radius 3 is 2.88 bits per heavy atom. The first-order chi connectivity index (χ1) is 11.3. The molecule has 3 atom stereocenters. The molecule has 0 bridgehead atoms. The Kier molecular flexibility index (Phi) is 4.02. The molecule has 0 spiro atoms. The predicted molar refractivity (Wildman–Crippen MR) is 91.6 cm³/mol. The molecule has 0 radical (unpaired) electrons. The third-order valence-corrected chi connectivity index (χ3v) is 7.91. The van der Waals surface area contributed by atoms with Crippen molar-refractivity contribution in [2.24, 2.45) is 5.92 Å². The first kappa shape index (κ1) is 16.9. The van der Waals surface area contributed by atoms with E-state index >= 15 is 0 Å². The summed E-state index contributed by atoms with van der Waals surface area (Å²) in [7, 11) is 0. The second-order valence-electron chi connectivity index (χ2n) is 6.07. The van der Waals surface area contributed by atoms with Crippen molar-refractivity contribution in [3.8, 4) is 0 Å². The van der Waals surface area contributed by atoms with Crippen LogP contribution in [0.5, 0.6) is 0 Å².